The normalized spacial score (nSPS) is 10.9. The zero-order valence-corrected chi connectivity index (χ0v) is 15.0. The number of hydrogen-bond acceptors (Lipinski definition) is 4. The number of hydrogen-bond donors (Lipinski definition) is 2. The van der Waals surface area contributed by atoms with Crippen LogP contribution in [-0.2, 0) is 0 Å². The van der Waals surface area contributed by atoms with Gasteiger partial charge >= 0.3 is 0 Å². The number of amides is 1. The first-order valence-electron chi connectivity index (χ1n) is 8.32. The van der Waals surface area contributed by atoms with Crippen molar-refractivity contribution < 1.29 is 22.4 Å². The molecule has 1 heterocycles. The summed E-state index contributed by atoms with van der Waals surface area (Å²) in [6, 6.07) is 13.4. The number of carbonyl (C=O) groups excluding carboxylic acids is 1. The van der Waals surface area contributed by atoms with Crippen LogP contribution in [0.5, 0.6) is 0 Å². The Morgan fingerprint density at radius 3 is 2.31 bits per heavy atom. The second kappa shape index (κ2) is 8.51. The number of benzene rings is 2. The minimum Gasteiger partial charge on any atom is -0.322 e. The molecule has 0 atom stereocenters. The summed E-state index contributed by atoms with van der Waals surface area (Å²) < 4.78 is 53.2. The monoisotopic (exact) mass is 402 g/mol. The quantitative estimate of drug-likeness (QED) is 0.283. The van der Waals surface area contributed by atoms with Crippen molar-refractivity contribution in [3.05, 3.63) is 88.8 Å². The van der Waals surface area contributed by atoms with Gasteiger partial charge in [-0.1, -0.05) is 29.8 Å². The molecule has 3 rings (SSSR count). The van der Waals surface area contributed by atoms with Crippen molar-refractivity contribution in [3.63, 3.8) is 0 Å². The van der Waals surface area contributed by atoms with E-state index >= 15 is 0 Å². The topological polar surface area (TPSA) is 66.4 Å². The first-order chi connectivity index (χ1) is 13.8. The average molecular weight is 402 g/mol. The van der Waals surface area contributed by atoms with Crippen LogP contribution in [0.1, 0.15) is 21.5 Å². The van der Waals surface area contributed by atoms with E-state index in [2.05, 4.69) is 15.4 Å². The third-order valence-electron chi connectivity index (χ3n) is 3.85. The van der Waals surface area contributed by atoms with Gasteiger partial charge in [-0.25, -0.2) is 0 Å². The van der Waals surface area contributed by atoms with Gasteiger partial charge in [0.25, 0.3) is 17.8 Å². The van der Waals surface area contributed by atoms with Crippen molar-refractivity contribution in [3.8, 4) is 0 Å². The van der Waals surface area contributed by atoms with Crippen molar-refractivity contribution in [2.75, 3.05) is 10.7 Å². The molecule has 0 aliphatic heterocycles. The van der Waals surface area contributed by atoms with E-state index in [4.69, 9.17) is 0 Å². The van der Waals surface area contributed by atoms with Gasteiger partial charge in [0.05, 0.1) is 6.21 Å². The smallest absolute Gasteiger partial charge is 0.255 e. The van der Waals surface area contributed by atoms with Gasteiger partial charge in [0.1, 0.15) is 5.69 Å². The standard InChI is InChI=1S/C20H14F4N4O/c1-11-5-7-13(8-6-11)20(29)26-14-4-2-3-12(9-14)10-25-28-17-15(21)18(23)27-19(24)16(17)22/h2-10H,1H3,(H,26,29)(H,27,28). The van der Waals surface area contributed by atoms with Crippen LogP contribution in [-0.4, -0.2) is 17.1 Å². The average Bonchev–Trinajstić information content (AvgIpc) is 2.70. The Morgan fingerprint density at radius 2 is 1.66 bits per heavy atom. The first kappa shape index (κ1) is 20.0. The summed E-state index contributed by atoms with van der Waals surface area (Å²) in [5.41, 5.74) is 3.22. The summed E-state index contributed by atoms with van der Waals surface area (Å²) in [4.78, 5) is 14.7. The number of anilines is 2. The third-order valence-corrected chi connectivity index (χ3v) is 3.85. The number of nitrogens with zero attached hydrogens (tertiary/aromatic N) is 2. The molecule has 2 aromatic carbocycles. The van der Waals surface area contributed by atoms with Crippen molar-refractivity contribution in [2.24, 2.45) is 5.10 Å². The molecule has 9 heteroatoms. The molecule has 0 radical (unpaired) electrons. The molecule has 0 saturated heterocycles. The number of hydrazone groups is 1. The highest BCUT2D eigenvalue weighted by molar-refractivity contribution is 6.04. The van der Waals surface area contributed by atoms with Gasteiger partial charge in [-0.05, 0) is 36.8 Å². The lowest BCUT2D eigenvalue weighted by Crippen LogP contribution is -2.11. The fourth-order valence-corrected chi connectivity index (χ4v) is 2.36. The lowest BCUT2D eigenvalue weighted by molar-refractivity contribution is 0.102. The highest BCUT2D eigenvalue weighted by Gasteiger charge is 2.20. The predicted molar refractivity (Wildman–Crippen MR) is 101 cm³/mol. The second-order valence-corrected chi connectivity index (χ2v) is 6.01. The summed E-state index contributed by atoms with van der Waals surface area (Å²) in [6.45, 7) is 1.91. The Morgan fingerprint density at radius 1 is 1.00 bits per heavy atom. The molecule has 3 aromatic rings. The van der Waals surface area contributed by atoms with Gasteiger partial charge in [-0.15, -0.1) is 0 Å². The number of pyridine rings is 1. The third kappa shape index (κ3) is 4.75. The molecule has 0 spiro atoms. The zero-order valence-electron chi connectivity index (χ0n) is 15.0. The molecule has 148 valence electrons. The lowest BCUT2D eigenvalue weighted by Gasteiger charge is -2.07. The molecule has 2 N–H and O–H groups in total. The fraction of sp³-hybridized carbons (Fsp3) is 0.0500. The Labute approximate surface area is 163 Å². The lowest BCUT2D eigenvalue weighted by atomic mass is 10.1. The van der Waals surface area contributed by atoms with Crippen molar-refractivity contribution in [1.82, 2.24) is 4.98 Å². The van der Waals surface area contributed by atoms with E-state index in [1.807, 2.05) is 24.5 Å². The van der Waals surface area contributed by atoms with Crippen LogP contribution in [0.15, 0.2) is 53.6 Å². The minimum atomic E-state index is -1.79. The van der Waals surface area contributed by atoms with Crippen LogP contribution in [0.4, 0.5) is 28.9 Å². The molecule has 5 nitrogen and oxygen atoms in total. The van der Waals surface area contributed by atoms with Crippen LogP contribution in [0.25, 0.3) is 0 Å². The Kier molecular flexibility index (Phi) is 5.87. The maximum absolute atomic E-state index is 13.5. The number of aromatic nitrogens is 1. The molecule has 0 bridgehead atoms. The Balaban J connectivity index is 1.72. The molecule has 0 saturated carbocycles. The van der Waals surface area contributed by atoms with E-state index in [0.717, 1.165) is 11.8 Å². The molecule has 0 unspecified atom stereocenters. The summed E-state index contributed by atoms with van der Waals surface area (Å²) in [7, 11) is 0. The number of nitrogens with one attached hydrogen (secondary N) is 2. The van der Waals surface area contributed by atoms with Gasteiger partial charge in [-0.3, -0.25) is 10.2 Å². The fourth-order valence-electron chi connectivity index (χ4n) is 2.36. The highest BCUT2D eigenvalue weighted by atomic mass is 19.2. The number of aryl methyl sites for hydroxylation is 1. The highest BCUT2D eigenvalue weighted by Crippen LogP contribution is 2.22. The maximum Gasteiger partial charge on any atom is 0.255 e. The van der Waals surface area contributed by atoms with Gasteiger partial charge in [0, 0.05) is 11.3 Å². The number of carbonyl (C=O) groups is 1. The van der Waals surface area contributed by atoms with Crippen molar-refractivity contribution in [1.29, 1.82) is 0 Å². The predicted octanol–water partition coefficient (Wildman–Crippen LogP) is 4.64. The van der Waals surface area contributed by atoms with Gasteiger partial charge < -0.3 is 5.32 Å². The Hall–Kier alpha value is -3.75. The van der Waals surface area contributed by atoms with E-state index in [1.54, 1.807) is 36.4 Å². The van der Waals surface area contributed by atoms with Crippen molar-refractivity contribution in [2.45, 2.75) is 6.92 Å². The van der Waals surface area contributed by atoms with Gasteiger partial charge in [0.15, 0.2) is 0 Å². The Bertz CT molecular complexity index is 1060. The molecule has 1 aromatic heterocycles. The molecule has 0 aliphatic rings. The summed E-state index contributed by atoms with van der Waals surface area (Å²) in [5.74, 6) is -7.28. The van der Waals surface area contributed by atoms with E-state index in [9.17, 15) is 22.4 Å². The molecule has 1 amide bonds. The summed E-state index contributed by atoms with van der Waals surface area (Å²) in [6.07, 6.45) is 1.16. The largest absolute Gasteiger partial charge is 0.322 e. The maximum atomic E-state index is 13.5. The van der Waals surface area contributed by atoms with Crippen LogP contribution in [0, 0.1) is 30.5 Å². The van der Waals surface area contributed by atoms with Crippen molar-refractivity contribution >= 4 is 23.5 Å². The molecule has 29 heavy (non-hydrogen) atoms. The number of halogens is 4. The van der Waals surface area contributed by atoms with E-state index < -0.39 is 29.2 Å². The van der Waals surface area contributed by atoms with E-state index in [0.29, 0.717) is 16.8 Å². The van der Waals surface area contributed by atoms with E-state index in [-0.39, 0.29) is 5.91 Å². The van der Waals surface area contributed by atoms with Crippen LogP contribution in [0.2, 0.25) is 0 Å². The number of rotatable bonds is 5. The zero-order chi connectivity index (χ0) is 21.0. The SMILES string of the molecule is Cc1ccc(C(=O)Nc2cccc(C=NNc3c(F)c(F)nc(F)c3F)c2)cc1. The van der Waals surface area contributed by atoms with E-state index in [1.165, 1.54) is 0 Å². The first-order valence-corrected chi connectivity index (χ1v) is 8.32. The molecular weight excluding hydrogens is 388 g/mol. The van der Waals surface area contributed by atoms with Crippen LogP contribution in [0.3, 0.4) is 0 Å². The minimum absolute atomic E-state index is 0.316. The molecular formula is C20H14F4N4O. The summed E-state index contributed by atoms with van der Waals surface area (Å²) in [5, 5.41) is 6.29. The van der Waals surface area contributed by atoms with Gasteiger partial charge in [-0.2, -0.15) is 27.6 Å². The summed E-state index contributed by atoms with van der Waals surface area (Å²) >= 11 is 0. The van der Waals surface area contributed by atoms with Crippen LogP contribution < -0.4 is 10.7 Å². The van der Waals surface area contributed by atoms with Gasteiger partial charge in [0.2, 0.25) is 11.6 Å². The second-order valence-electron chi connectivity index (χ2n) is 6.01. The molecule has 0 aliphatic carbocycles. The molecule has 0 fully saturated rings. The van der Waals surface area contributed by atoms with Crippen LogP contribution >= 0.6 is 0 Å².